The first kappa shape index (κ1) is 17.2. The highest BCUT2D eigenvalue weighted by Crippen LogP contribution is 2.21. The molecular formula is C19H29N3O2. The number of anilines is 1. The maximum absolute atomic E-state index is 12.4. The molecule has 2 heterocycles. The fourth-order valence-corrected chi connectivity index (χ4v) is 3.80. The van der Waals surface area contributed by atoms with Crippen molar-refractivity contribution >= 4 is 11.6 Å². The zero-order chi connectivity index (χ0) is 16.9. The first-order chi connectivity index (χ1) is 11.7. The number of likely N-dealkylation sites (N-methyl/N-ethyl adjacent to an activating group) is 1. The van der Waals surface area contributed by atoms with Crippen LogP contribution >= 0.6 is 0 Å². The molecule has 0 spiro atoms. The molecule has 2 N–H and O–H groups in total. The third-order valence-corrected chi connectivity index (χ3v) is 5.36. The van der Waals surface area contributed by atoms with Crippen molar-refractivity contribution in [2.24, 2.45) is 0 Å². The van der Waals surface area contributed by atoms with E-state index in [1.165, 1.54) is 12.8 Å². The minimum Gasteiger partial charge on any atom is -0.393 e. The lowest BCUT2D eigenvalue weighted by molar-refractivity contribution is 0.0941. The lowest BCUT2D eigenvalue weighted by Gasteiger charge is -2.31. The van der Waals surface area contributed by atoms with Crippen LogP contribution in [0.25, 0.3) is 0 Å². The topological polar surface area (TPSA) is 55.8 Å². The molecule has 0 saturated carbocycles. The number of aliphatic hydroxyl groups excluding tert-OH is 1. The molecule has 3 rings (SSSR count). The van der Waals surface area contributed by atoms with Crippen molar-refractivity contribution in [3.8, 4) is 0 Å². The van der Waals surface area contributed by atoms with Gasteiger partial charge in [-0.05, 0) is 63.0 Å². The van der Waals surface area contributed by atoms with Gasteiger partial charge in [-0.3, -0.25) is 9.69 Å². The molecule has 2 saturated heterocycles. The van der Waals surface area contributed by atoms with Crippen LogP contribution in [0.3, 0.4) is 0 Å². The van der Waals surface area contributed by atoms with Crippen LogP contribution in [0.2, 0.25) is 0 Å². The summed E-state index contributed by atoms with van der Waals surface area (Å²) in [6, 6.07) is 8.32. The number of rotatable bonds is 5. The zero-order valence-corrected chi connectivity index (χ0v) is 14.6. The van der Waals surface area contributed by atoms with Gasteiger partial charge in [0.1, 0.15) is 0 Å². The maximum Gasteiger partial charge on any atom is 0.251 e. The van der Waals surface area contributed by atoms with Gasteiger partial charge in [0.2, 0.25) is 0 Å². The highest BCUT2D eigenvalue weighted by Gasteiger charge is 2.23. The summed E-state index contributed by atoms with van der Waals surface area (Å²) in [5.74, 6) is 0.0126. The Morgan fingerprint density at radius 3 is 2.54 bits per heavy atom. The molecule has 0 aliphatic carbocycles. The summed E-state index contributed by atoms with van der Waals surface area (Å²) in [7, 11) is 0. The summed E-state index contributed by atoms with van der Waals surface area (Å²) < 4.78 is 0. The Labute approximate surface area is 144 Å². The maximum atomic E-state index is 12.4. The Kier molecular flexibility index (Phi) is 5.74. The summed E-state index contributed by atoms with van der Waals surface area (Å²) >= 11 is 0. The zero-order valence-electron chi connectivity index (χ0n) is 14.6. The second-order valence-corrected chi connectivity index (χ2v) is 6.90. The van der Waals surface area contributed by atoms with Gasteiger partial charge in [0.25, 0.3) is 5.91 Å². The molecule has 2 aliphatic heterocycles. The monoisotopic (exact) mass is 331 g/mol. The molecule has 2 fully saturated rings. The molecule has 1 aromatic rings. The Hall–Kier alpha value is -1.59. The van der Waals surface area contributed by atoms with Crippen LogP contribution in [0.5, 0.6) is 0 Å². The third-order valence-electron chi connectivity index (χ3n) is 5.36. The summed E-state index contributed by atoms with van der Waals surface area (Å²) in [5.41, 5.74) is 1.85. The van der Waals surface area contributed by atoms with E-state index < -0.39 is 0 Å². The van der Waals surface area contributed by atoms with E-state index in [1.54, 1.807) is 0 Å². The highest BCUT2D eigenvalue weighted by atomic mass is 16.3. The molecule has 0 bridgehead atoms. The van der Waals surface area contributed by atoms with Crippen molar-refractivity contribution in [3.63, 3.8) is 0 Å². The van der Waals surface area contributed by atoms with Crippen molar-refractivity contribution in [3.05, 3.63) is 29.8 Å². The molecule has 1 amide bonds. The minimum absolute atomic E-state index is 0.0126. The van der Waals surface area contributed by atoms with E-state index in [2.05, 4.69) is 22.0 Å². The van der Waals surface area contributed by atoms with Gasteiger partial charge in [0, 0.05) is 36.9 Å². The van der Waals surface area contributed by atoms with Gasteiger partial charge < -0.3 is 15.3 Å². The van der Waals surface area contributed by atoms with Crippen molar-refractivity contribution in [2.75, 3.05) is 37.6 Å². The number of nitrogens with zero attached hydrogens (tertiary/aromatic N) is 2. The second-order valence-electron chi connectivity index (χ2n) is 6.90. The Balaban J connectivity index is 1.52. The average Bonchev–Trinajstić information content (AvgIpc) is 3.08. The largest absolute Gasteiger partial charge is 0.393 e. The SMILES string of the molecule is CCN1CCCC1CNC(=O)c1ccc(N2CCC(O)CC2)cc1. The first-order valence-corrected chi connectivity index (χ1v) is 9.22. The molecule has 1 unspecified atom stereocenters. The number of likely N-dealkylation sites (tertiary alicyclic amines) is 1. The van der Waals surface area contributed by atoms with E-state index >= 15 is 0 Å². The lowest BCUT2D eigenvalue weighted by Crippen LogP contribution is -2.40. The molecule has 24 heavy (non-hydrogen) atoms. The van der Waals surface area contributed by atoms with Crippen molar-refractivity contribution in [1.82, 2.24) is 10.2 Å². The Morgan fingerprint density at radius 1 is 1.17 bits per heavy atom. The molecule has 132 valence electrons. The predicted molar refractivity (Wildman–Crippen MR) is 96.5 cm³/mol. The fraction of sp³-hybridized carbons (Fsp3) is 0.632. The summed E-state index contributed by atoms with van der Waals surface area (Å²) in [5, 5.41) is 12.7. The Morgan fingerprint density at radius 2 is 1.88 bits per heavy atom. The molecule has 5 heteroatoms. The van der Waals surface area contributed by atoms with Gasteiger partial charge in [-0.2, -0.15) is 0 Å². The number of carbonyl (C=O) groups excluding carboxylic acids is 1. The van der Waals surface area contributed by atoms with Crippen LogP contribution in [0, 0.1) is 0 Å². The first-order valence-electron chi connectivity index (χ1n) is 9.22. The van der Waals surface area contributed by atoms with Gasteiger partial charge in [0.15, 0.2) is 0 Å². The molecule has 5 nitrogen and oxygen atoms in total. The van der Waals surface area contributed by atoms with E-state index in [9.17, 15) is 9.90 Å². The van der Waals surface area contributed by atoms with Crippen molar-refractivity contribution < 1.29 is 9.90 Å². The number of piperidine rings is 1. The van der Waals surface area contributed by atoms with Gasteiger partial charge >= 0.3 is 0 Å². The van der Waals surface area contributed by atoms with E-state index in [0.717, 1.165) is 56.8 Å². The van der Waals surface area contributed by atoms with Crippen LogP contribution < -0.4 is 10.2 Å². The van der Waals surface area contributed by atoms with E-state index in [1.807, 2.05) is 24.3 Å². The fourth-order valence-electron chi connectivity index (χ4n) is 3.80. The van der Waals surface area contributed by atoms with Gasteiger partial charge in [-0.25, -0.2) is 0 Å². The van der Waals surface area contributed by atoms with Gasteiger partial charge in [0.05, 0.1) is 6.10 Å². The van der Waals surface area contributed by atoms with E-state index in [-0.39, 0.29) is 12.0 Å². The molecule has 0 aromatic heterocycles. The standard InChI is InChI=1S/C19H29N3O2/c1-2-21-11-3-4-17(21)14-20-19(24)15-5-7-16(8-6-15)22-12-9-18(23)10-13-22/h5-8,17-18,23H,2-4,9-14H2,1H3,(H,20,24). The number of nitrogens with one attached hydrogen (secondary N) is 1. The van der Waals surface area contributed by atoms with Crippen molar-refractivity contribution in [2.45, 2.75) is 44.8 Å². The van der Waals surface area contributed by atoms with E-state index in [4.69, 9.17) is 0 Å². The molecular weight excluding hydrogens is 302 g/mol. The smallest absolute Gasteiger partial charge is 0.251 e. The van der Waals surface area contributed by atoms with Crippen LogP contribution in [0.15, 0.2) is 24.3 Å². The number of hydrogen-bond donors (Lipinski definition) is 2. The third kappa shape index (κ3) is 4.08. The summed E-state index contributed by atoms with van der Waals surface area (Å²) in [4.78, 5) is 17.1. The number of aliphatic hydroxyl groups is 1. The molecule has 1 aromatic carbocycles. The number of carbonyl (C=O) groups is 1. The van der Waals surface area contributed by atoms with Crippen LogP contribution in [0.4, 0.5) is 5.69 Å². The predicted octanol–water partition coefficient (Wildman–Crippen LogP) is 1.86. The number of amides is 1. The van der Waals surface area contributed by atoms with Crippen LogP contribution in [-0.2, 0) is 0 Å². The lowest BCUT2D eigenvalue weighted by atomic mass is 10.1. The summed E-state index contributed by atoms with van der Waals surface area (Å²) in [6.07, 6.45) is 3.88. The summed E-state index contributed by atoms with van der Waals surface area (Å²) in [6.45, 7) is 6.87. The highest BCUT2D eigenvalue weighted by molar-refractivity contribution is 5.94. The van der Waals surface area contributed by atoms with Gasteiger partial charge in [-0.1, -0.05) is 6.92 Å². The molecule has 0 radical (unpaired) electrons. The minimum atomic E-state index is -0.162. The Bertz CT molecular complexity index is 538. The average molecular weight is 331 g/mol. The van der Waals surface area contributed by atoms with Crippen LogP contribution in [-0.4, -0.2) is 60.8 Å². The molecule has 2 aliphatic rings. The van der Waals surface area contributed by atoms with Gasteiger partial charge in [-0.15, -0.1) is 0 Å². The van der Waals surface area contributed by atoms with E-state index in [0.29, 0.717) is 6.04 Å². The quantitative estimate of drug-likeness (QED) is 0.865. The number of hydrogen-bond acceptors (Lipinski definition) is 4. The normalized spacial score (nSPS) is 22.8. The number of benzene rings is 1. The van der Waals surface area contributed by atoms with Crippen molar-refractivity contribution in [1.29, 1.82) is 0 Å². The molecule has 1 atom stereocenters. The van der Waals surface area contributed by atoms with Crippen LogP contribution in [0.1, 0.15) is 43.0 Å². The second kappa shape index (κ2) is 7.99.